The molecule has 1 aliphatic rings. The van der Waals surface area contributed by atoms with Crippen LogP contribution in [0.2, 0.25) is 5.02 Å². The van der Waals surface area contributed by atoms with E-state index in [0.717, 1.165) is 5.56 Å². The summed E-state index contributed by atoms with van der Waals surface area (Å²) in [7, 11) is 0. The number of nitrogens with one attached hydrogen (secondary N) is 1. The van der Waals surface area contributed by atoms with Crippen LogP contribution in [-0.2, 0) is 4.79 Å². The molecular weight excluding hydrogens is 387 g/mol. The number of nitrogens with zero attached hydrogens (tertiary/aromatic N) is 1. The highest BCUT2D eigenvalue weighted by molar-refractivity contribution is 8.18. The molecule has 4 nitrogen and oxygen atoms in total. The molecule has 1 N–H and O–H groups in total. The van der Waals surface area contributed by atoms with E-state index in [9.17, 15) is 9.18 Å². The topological polar surface area (TPSA) is 54.6 Å². The lowest BCUT2D eigenvalue weighted by atomic mass is 10.2. The molecule has 0 bridgehead atoms. The van der Waals surface area contributed by atoms with Gasteiger partial charge in [-0.3, -0.25) is 4.79 Å². The van der Waals surface area contributed by atoms with Crippen LogP contribution in [0.1, 0.15) is 5.76 Å². The van der Waals surface area contributed by atoms with Crippen molar-refractivity contribution in [3.05, 3.63) is 82.2 Å². The Morgan fingerprint density at radius 2 is 1.78 bits per heavy atom. The first-order chi connectivity index (χ1) is 13.1. The smallest absolute Gasteiger partial charge is 0.264 e. The van der Waals surface area contributed by atoms with Crippen molar-refractivity contribution in [2.75, 3.05) is 0 Å². The SMILES string of the molecule is O=C1NC(=Nc2ccc(Cl)cc2)SC1=Cc1ccc(-c2ccc(F)cc2)o1. The van der Waals surface area contributed by atoms with Gasteiger partial charge in [-0.1, -0.05) is 11.6 Å². The van der Waals surface area contributed by atoms with Crippen LogP contribution in [0.4, 0.5) is 10.1 Å². The number of furan rings is 1. The highest BCUT2D eigenvalue weighted by Gasteiger charge is 2.24. The first-order valence-electron chi connectivity index (χ1n) is 7.98. The zero-order valence-corrected chi connectivity index (χ0v) is 15.4. The molecule has 0 radical (unpaired) electrons. The fourth-order valence-corrected chi connectivity index (χ4v) is 3.39. The predicted molar refractivity (Wildman–Crippen MR) is 106 cm³/mol. The van der Waals surface area contributed by atoms with Crippen LogP contribution >= 0.6 is 23.4 Å². The van der Waals surface area contributed by atoms with Crippen molar-refractivity contribution in [1.82, 2.24) is 5.32 Å². The van der Waals surface area contributed by atoms with Crippen molar-refractivity contribution >= 4 is 46.2 Å². The third-order valence-electron chi connectivity index (χ3n) is 3.74. The van der Waals surface area contributed by atoms with Crippen LogP contribution < -0.4 is 5.32 Å². The highest BCUT2D eigenvalue weighted by Crippen LogP contribution is 2.30. The van der Waals surface area contributed by atoms with Gasteiger partial charge in [-0.2, -0.15) is 0 Å². The molecule has 0 spiro atoms. The van der Waals surface area contributed by atoms with E-state index in [1.54, 1.807) is 54.6 Å². The Morgan fingerprint density at radius 1 is 1.04 bits per heavy atom. The number of halogens is 2. The summed E-state index contributed by atoms with van der Waals surface area (Å²) >= 11 is 7.08. The average molecular weight is 399 g/mol. The molecule has 0 atom stereocenters. The van der Waals surface area contributed by atoms with Gasteiger partial charge in [0.05, 0.1) is 10.6 Å². The van der Waals surface area contributed by atoms with Crippen LogP contribution in [0.15, 0.2) is 75.0 Å². The van der Waals surface area contributed by atoms with E-state index < -0.39 is 0 Å². The molecule has 2 aromatic carbocycles. The number of carbonyl (C=O) groups is 1. The fourth-order valence-electron chi connectivity index (χ4n) is 2.44. The number of amides is 1. The molecular formula is C20H12ClFN2O2S. The molecule has 1 aliphatic heterocycles. The summed E-state index contributed by atoms with van der Waals surface area (Å²) in [6, 6.07) is 16.6. The lowest BCUT2D eigenvalue weighted by Gasteiger charge is -1.96. The zero-order valence-electron chi connectivity index (χ0n) is 13.8. The molecule has 0 unspecified atom stereocenters. The molecule has 4 rings (SSSR count). The summed E-state index contributed by atoms with van der Waals surface area (Å²) in [5.74, 6) is 0.576. The molecule has 0 saturated carbocycles. The Hall–Kier alpha value is -2.83. The fraction of sp³-hybridized carbons (Fsp3) is 0. The maximum absolute atomic E-state index is 13.0. The van der Waals surface area contributed by atoms with Gasteiger partial charge in [0, 0.05) is 16.7 Å². The number of rotatable bonds is 3. The van der Waals surface area contributed by atoms with Crippen LogP contribution in [-0.4, -0.2) is 11.1 Å². The van der Waals surface area contributed by atoms with Crippen molar-refractivity contribution in [3.63, 3.8) is 0 Å². The summed E-state index contributed by atoms with van der Waals surface area (Å²) in [5, 5.41) is 3.83. The Balaban J connectivity index is 1.53. The standard InChI is InChI=1S/C20H12ClFN2O2S/c21-13-3-7-15(8-4-13)23-20-24-19(25)18(27-20)11-16-9-10-17(26-16)12-1-5-14(22)6-2-12/h1-11H,(H,23,24,25). The third-order valence-corrected chi connectivity index (χ3v) is 4.90. The van der Waals surface area contributed by atoms with Gasteiger partial charge in [0.25, 0.3) is 5.91 Å². The van der Waals surface area contributed by atoms with E-state index in [4.69, 9.17) is 16.0 Å². The van der Waals surface area contributed by atoms with Gasteiger partial charge in [0.1, 0.15) is 17.3 Å². The van der Waals surface area contributed by atoms with Crippen LogP contribution in [0.5, 0.6) is 0 Å². The minimum absolute atomic E-state index is 0.243. The number of benzene rings is 2. The van der Waals surface area contributed by atoms with E-state index in [2.05, 4.69) is 10.3 Å². The summed E-state index contributed by atoms with van der Waals surface area (Å²) < 4.78 is 18.8. The van der Waals surface area contributed by atoms with Crippen molar-refractivity contribution in [1.29, 1.82) is 0 Å². The summed E-state index contributed by atoms with van der Waals surface area (Å²) in [5.41, 5.74) is 1.45. The van der Waals surface area contributed by atoms with Gasteiger partial charge in [-0.25, -0.2) is 9.38 Å². The number of hydrogen-bond donors (Lipinski definition) is 1. The lowest BCUT2D eigenvalue weighted by molar-refractivity contribution is -0.115. The molecule has 1 amide bonds. The molecule has 2 heterocycles. The molecule has 1 saturated heterocycles. The van der Waals surface area contributed by atoms with Gasteiger partial charge >= 0.3 is 0 Å². The summed E-state index contributed by atoms with van der Waals surface area (Å²) in [6.07, 6.45) is 1.65. The Morgan fingerprint density at radius 3 is 2.52 bits per heavy atom. The second kappa shape index (κ2) is 7.42. The van der Waals surface area contributed by atoms with Crippen molar-refractivity contribution < 1.29 is 13.6 Å². The molecule has 0 aliphatic carbocycles. The predicted octanol–water partition coefficient (Wildman–Crippen LogP) is 5.63. The first-order valence-corrected chi connectivity index (χ1v) is 9.17. The summed E-state index contributed by atoms with van der Waals surface area (Å²) in [6.45, 7) is 0. The number of hydrogen-bond acceptors (Lipinski definition) is 4. The van der Waals surface area contributed by atoms with Gasteiger partial charge < -0.3 is 9.73 Å². The molecule has 7 heteroatoms. The maximum atomic E-state index is 13.0. The second-order valence-electron chi connectivity index (χ2n) is 5.67. The molecule has 27 heavy (non-hydrogen) atoms. The van der Waals surface area contributed by atoms with E-state index >= 15 is 0 Å². The van der Waals surface area contributed by atoms with Gasteiger partial charge in [0.2, 0.25) is 0 Å². The molecule has 1 aromatic heterocycles. The number of aliphatic imine (C=N–C) groups is 1. The number of amidine groups is 1. The van der Waals surface area contributed by atoms with E-state index in [1.165, 1.54) is 23.9 Å². The number of thioether (sulfide) groups is 1. The molecule has 3 aromatic rings. The average Bonchev–Trinajstić information content (AvgIpc) is 3.25. The van der Waals surface area contributed by atoms with Crippen LogP contribution in [0.3, 0.4) is 0 Å². The molecule has 1 fully saturated rings. The van der Waals surface area contributed by atoms with Crippen LogP contribution in [0.25, 0.3) is 17.4 Å². The van der Waals surface area contributed by atoms with Gasteiger partial charge in [-0.15, -0.1) is 0 Å². The van der Waals surface area contributed by atoms with Gasteiger partial charge in [0.15, 0.2) is 5.17 Å². The first kappa shape index (κ1) is 17.6. The Labute approximate surface area is 163 Å². The maximum Gasteiger partial charge on any atom is 0.264 e. The van der Waals surface area contributed by atoms with Crippen molar-refractivity contribution in [2.24, 2.45) is 4.99 Å². The zero-order chi connectivity index (χ0) is 18.8. The second-order valence-corrected chi connectivity index (χ2v) is 7.13. The molecule has 134 valence electrons. The van der Waals surface area contributed by atoms with Crippen molar-refractivity contribution in [3.8, 4) is 11.3 Å². The normalized spacial score (nSPS) is 16.9. The highest BCUT2D eigenvalue weighted by atomic mass is 35.5. The Bertz CT molecular complexity index is 1060. The Kier molecular flexibility index (Phi) is 4.83. The largest absolute Gasteiger partial charge is 0.457 e. The van der Waals surface area contributed by atoms with E-state index in [-0.39, 0.29) is 11.7 Å². The number of carbonyl (C=O) groups excluding carboxylic acids is 1. The quantitative estimate of drug-likeness (QED) is 0.581. The van der Waals surface area contributed by atoms with Crippen molar-refractivity contribution in [2.45, 2.75) is 0 Å². The third kappa shape index (κ3) is 4.13. The van der Waals surface area contributed by atoms with Gasteiger partial charge in [-0.05, 0) is 72.4 Å². The van der Waals surface area contributed by atoms with E-state index in [0.29, 0.717) is 32.3 Å². The monoisotopic (exact) mass is 398 g/mol. The minimum atomic E-state index is -0.306. The lowest BCUT2D eigenvalue weighted by Crippen LogP contribution is -2.19. The minimum Gasteiger partial charge on any atom is -0.457 e. The van der Waals surface area contributed by atoms with E-state index in [1.807, 2.05) is 0 Å². The van der Waals surface area contributed by atoms with Crippen LogP contribution in [0, 0.1) is 5.82 Å². The summed E-state index contributed by atoms with van der Waals surface area (Å²) in [4.78, 5) is 17.0.